The lowest BCUT2D eigenvalue weighted by Gasteiger charge is -2.35. The zero-order chi connectivity index (χ0) is 22.3. The average molecular weight is 440 g/mol. The highest BCUT2D eigenvalue weighted by Crippen LogP contribution is 2.25. The first-order valence-corrected chi connectivity index (χ1v) is 10.8. The lowest BCUT2D eigenvalue weighted by atomic mass is 10.0. The Morgan fingerprint density at radius 3 is 2.50 bits per heavy atom. The highest BCUT2D eigenvalue weighted by atomic mass is 19.1. The predicted molar refractivity (Wildman–Crippen MR) is 117 cm³/mol. The van der Waals surface area contributed by atoms with Gasteiger partial charge >= 0.3 is 0 Å². The van der Waals surface area contributed by atoms with E-state index in [1.807, 2.05) is 0 Å². The molecule has 32 heavy (non-hydrogen) atoms. The van der Waals surface area contributed by atoms with Crippen molar-refractivity contribution in [2.24, 2.45) is 0 Å². The van der Waals surface area contributed by atoms with Gasteiger partial charge in [0.05, 0.1) is 24.8 Å². The van der Waals surface area contributed by atoms with E-state index in [0.717, 1.165) is 18.7 Å². The molecule has 7 heteroatoms. The van der Waals surface area contributed by atoms with Crippen molar-refractivity contribution in [3.63, 3.8) is 0 Å². The zero-order valence-corrected chi connectivity index (χ0v) is 17.7. The van der Waals surface area contributed by atoms with Gasteiger partial charge in [-0.05, 0) is 42.0 Å². The maximum absolute atomic E-state index is 13.9. The Hall–Kier alpha value is -3.03. The Labute approximate surface area is 186 Å². The molecule has 3 aromatic rings. The maximum atomic E-state index is 13.9. The van der Waals surface area contributed by atoms with Gasteiger partial charge in [0, 0.05) is 32.5 Å². The number of benzene rings is 2. The molecule has 168 valence electrons. The molecule has 0 radical (unpaired) electrons. The molecule has 1 unspecified atom stereocenters. The normalized spacial score (nSPS) is 15.4. The monoisotopic (exact) mass is 440 g/mol. The fourth-order valence-electron chi connectivity index (χ4n) is 3.89. The number of nitrogens with zero attached hydrogens (tertiary/aromatic N) is 1. The van der Waals surface area contributed by atoms with Gasteiger partial charge in [-0.25, -0.2) is 8.78 Å². The van der Waals surface area contributed by atoms with Gasteiger partial charge in [0.1, 0.15) is 23.2 Å². The lowest BCUT2D eigenvalue weighted by Crippen LogP contribution is -2.43. The summed E-state index contributed by atoms with van der Waals surface area (Å²) in [5, 5.41) is 2.99. The van der Waals surface area contributed by atoms with E-state index in [1.165, 1.54) is 18.2 Å². The summed E-state index contributed by atoms with van der Waals surface area (Å²) in [7, 11) is 0. The summed E-state index contributed by atoms with van der Waals surface area (Å²) in [6.07, 6.45) is 0.669. The van der Waals surface area contributed by atoms with Crippen LogP contribution in [-0.2, 0) is 16.0 Å². The second-order valence-corrected chi connectivity index (χ2v) is 7.77. The molecule has 2 aromatic carbocycles. The fourth-order valence-corrected chi connectivity index (χ4v) is 3.89. The quantitative estimate of drug-likeness (QED) is 0.566. The van der Waals surface area contributed by atoms with Gasteiger partial charge in [0.25, 0.3) is 0 Å². The van der Waals surface area contributed by atoms with Gasteiger partial charge in [-0.15, -0.1) is 0 Å². The maximum Gasteiger partial charge on any atom is 0.220 e. The molecule has 0 spiro atoms. The molecule has 2 heterocycles. The van der Waals surface area contributed by atoms with Crippen LogP contribution in [0.5, 0.6) is 0 Å². The zero-order valence-electron chi connectivity index (χ0n) is 17.7. The average Bonchev–Trinajstić information content (AvgIpc) is 3.29. The SMILES string of the molecule is O=C(CCc1ccc(-c2ccccc2F)o1)NCC(c1ccc(F)cc1)N1CCOCC1. The molecule has 1 amide bonds. The third-order valence-corrected chi connectivity index (χ3v) is 5.63. The van der Waals surface area contributed by atoms with Crippen LogP contribution in [0.2, 0.25) is 0 Å². The number of ether oxygens (including phenoxy) is 1. The van der Waals surface area contributed by atoms with Crippen molar-refractivity contribution in [2.75, 3.05) is 32.8 Å². The number of hydrogen-bond acceptors (Lipinski definition) is 4. The van der Waals surface area contributed by atoms with E-state index in [4.69, 9.17) is 9.15 Å². The van der Waals surface area contributed by atoms with Crippen LogP contribution in [0.4, 0.5) is 8.78 Å². The molecular formula is C25H26F2N2O3. The number of amides is 1. The summed E-state index contributed by atoms with van der Waals surface area (Å²) in [6, 6.07) is 16.2. The van der Waals surface area contributed by atoms with Crippen LogP contribution in [-0.4, -0.2) is 43.7 Å². The van der Waals surface area contributed by atoms with E-state index in [0.29, 0.717) is 43.3 Å². The summed E-state index contributed by atoms with van der Waals surface area (Å²) < 4.78 is 38.5. The van der Waals surface area contributed by atoms with Crippen LogP contribution in [0.1, 0.15) is 23.8 Å². The first kappa shape index (κ1) is 22.2. The molecule has 4 rings (SSSR count). The topological polar surface area (TPSA) is 54.7 Å². The van der Waals surface area contributed by atoms with Crippen LogP contribution >= 0.6 is 0 Å². The molecule has 0 aliphatic carbocycles. The lowest BCUT2D eigenvalue weighted by molar-refractivity contribution is -0.121. The fraction of sp³-hybridized carbons (Fsp3) is 0.320. The second kappa shape index (κ2) is 10.5. The standard InChI is InChI=1S/C25H26F2N2O3/c26-19-7-5-18(6-8-19)23(29-13-15-31-16-14-29)17-28-25(30)12-10-20-9-11-24(32-20)21-3-1-2-4-22(21)27/h1-9,11,23H,10,12-17H2,(H,28,30). The Morgan fingerprint density at radius 2 is 1.75 bits per heavy atom. The first-order chi connectivity index (χ1) is 15.6. The molecule has 1 atom stereocenters. The Kier molecular flexibility index (Phi) is 7.29. The molecule has 1 fully saturated rings. The number of rotatable bonds is 8. The van der Waals surface area contributed by atoms with Crippen LogP contribution in [0.15, 0.2) is 65.1 Å². The van der Waals surface area contributed by atoms with Crippen molar-refractivity contribution >= 4 is 5.91 Å². The number of nitrogens with one attached hydrogen (secondary N) is 1. The van der Waals surface area contributed by atoms with Crippen LogP contribution in [0.3, 0.4) is 0 Å². The molecule has 0 saturated carbocycles. The third-order valence-electron chi connectivity index (χ3n) is 5.63. The minimum atomic E-state index is -0.346. The second-order valence-electron chi connectivity index (χ2n) is 7.77. The van der Waals surface area contributed by atoms with Gasteiger partial charge < -0.3 is 14.5 Å². The largest absolute Gasteiger partial charge is 0.461 e. The summed E-state index contributed by atoms with van der Waals surface area (Å²) in [6.45, 7) is 3.19. The van der Waals surface area contributed by atoms with Crippen molar-refractivity contribution in [3.05, 3.63) is 83.6 Å². The van der Waals surface area contributed by atoms with Gasteiger partial charge in [-0.2, -0.15) is 0 Å². The molecule has 1 saturated heterocycles. The van der Waals surface area contributed by atoms with E-state index in [-0.39, 0.29) is 30.0 Å². The van der Waals surface area contributed by atoms with Gasteiger partial charge in [-0.3, -0.25) is 9.69 Å². The number of carbonyl (C=O) groups excluding carboxylic acids is 1. The molecule has 1 N–H and O–H groups in total. The Morgan fingerprint density at radius 1 is 1.00 bits per heavy atom. The van der Waals surface area contributed by atoms with E-state index < -0.39 is 0 Å². The minimum Gasteiger partial charge on any atom is -0.461 e. The van der Waals surface area contributed by atoms with Crippen molar-refractivity contribution in [3.8, 4) is 11.3 Å². The van der Waals surface area contributed by atoms with Gasteiger partial charge in [0.15, 0.2) is 0 Å². The summed E-state index contributed by atoms with van der Waals surface area (Å²) in [5.41, 5.74) is 1.35. The van der Waals surface area contributed by atoms with Crippen LogP contribution < -0.4 is 5.32 Å². The first-order valence-electron chi connectivity index (χ1n) is 10.8. The molecular weight excluding hydrogens is 414 g/mol. The number of carbonyl (C=O) groups is 1. The predicted octanol–water partition coefficient (Wildman–Crippen LogP) is 4.35. The van der Waals surface area contributed by atoms with Crippen molar-refractivity contribution < 1.29 is 22.7 Å². The van der Waals surface area contributed by atoms with Crippen molar-refractivity contribution in [1.29, 1.82) is 0 Å². The van der Waals surface area contributed by atoms with E-state index in [9.17, 15) is 13.6 Å². The molecule has 1 aliphatic rings. The Balaban J connectivity index is 1.33. The number of hydrogen-bond donors (Lipinski definition) is 1. The number of halogens is 2. The minimum absolute atomic E-state index is 0.0558. The van der Waals surface area contributed by atoms with Crippen molar-refractivity contribution in [1.82, 2.24) is 10.2 Å². The number of morpholine rings is 1. The van der Waals surface area contributed by atoms with Gasteiger partial charge in [-0.1, -0.05) is 24.3 Å². The van der Waals surface area contributed by atoms with Crippen LogP contribution in [0.25, 0.3) is 11.3 Å². The summed E-state index contributed by atoms with van der Waals surface area (Å²) in [4.78, 5) is 14.7. The van der Waals surface area contributed by atoms with Crippen LogP contribution in [0, 0.1) is 11.6 Å². The van der Waals surface area contributed by atoms with E-state index in [2.05, 4.69) is 10.2 Å². The smallest absolute Gasteiger partial charge is 0.220 e. The third kappa shape index (κ3) is 5.60. The molecule has 1 aliphatic heterocycles. The Bertz CT molecular complexity index is 1030. The highest BCUT2D eigenvalue weighted by molar-refractivity contribution is 5.76. The highest BCUT2D eigenvalue weighted by Gasteiger charge is 2.23. The van der Waals surface area contributed by atoms with Crippen molar-refractivity contribution in [2.45, 2.75) is 18.9 Å². The molecule has 0 bridgehead atoms. The van der Waals surface area contributed by atoms with Gasteiger partial charge in [0.2, 0.25) is 5.91 Å². The summed E-state index contributed by atoms with van der Waals surface area (Å²) in [5.74, 6) is 0.339. The number of furan rings is 1. The number of aryl methyl sites for hydroxylation is 1. The van der Waals surface area contributed by atoms with E-state index >= 15 is 0 Å². The summed E-state index contributed by atoms with van der Waals surface area (Å²) >= 11 is 0. The van der Waals surface area contributed by atoms with E-state index in [1.54, 1.807) is 42.5 Å². The molecule has 5 nitrogen and oxygen atoms in total. The molecule has 1 aromatic heterocycles.